The SMILES string of the molecule is COC(=O)[C@H]1O[C@@H](Oc2ccc(COC(=O)Oc3ccc([N+](=O)[O-])cc3)c(OCCCNC(=O)OCC3c4ccccc4-c4ccccc43)c2)[C@H](OC(C)=O)[C@@H](OC(C)=O)[C@@H]1OC(C)=O. The molecule has 20 heteroatoms. The number of nitro benzene ring substituents is 1. The van der Waals surface area contributed by atoms with Gasteiger partial charge in [-0.15, -0.1) is 0 Å². The van der Waals surface area contributed by atoms with Crippen LogP contribution in [0.4, 0.5) is 15.3 Å². The Kier molecular flexibility index (Phi) is 15.5. The van der Waals surface area contributed by atoms with E-state index in [-0.39, 0.29) is 60.6 Å². The fourth-order valence-electron chi connectivity index (χ4n) is 7.16. The first-order chi connectivity index (χ1) is 31.2. The van der Waals surface area contributed by atoms with Crippen molar-refractivity contribution in [2.45, 2.75) is 70.4 Å². The van der Waals surface area contributed by atoms with E-state index in [1.54, 1.807) is 0 Å². The number of fused-ring (bicyclic) bond motifs is 3. The second-order valence-electron chi connectivity index (χ2n) is 14.4. The van der Waals surface area contributed by atoms with Crippen LogP contribution in [-0.2, 0) is 58.9 Å². The van der Waals surface area contributed by atoms with Crippen molar-refractivity contribution in [3.8, 4) is 28.4 Å². The van der Waals surface area contributed by atoms with E-state index in [2.05, 4.69) is 5.32 Å². The largest absolute Gasteiger partial charge is 0.514 e. The van der Waals surface area contributed by atoms with Gasteiger partial charge in [0.1, 0.15) is 30.5 Å². The molecule has 2 aliphatic rings. The highest BCUT2D eigenvalue weighted by atomic mass is 16.7. The summed E-state index contributed by atoms with van der Waals surface area (Å²) in [5.74, 6) is -3.75. The van der Waals surface area contributed by atoms with Crippen molar-refractivity contribution in [1.29, 1.82) is 0 Å². The molecule has 0 saturated carbocycles. The highest BCUT2D eigenvalue weighted by Crippen LogP contribution is 2.44. The van der Waals surface area contributed by atoms with E-state index in [1.165, 1.54) is 30.3 Å². The molecule has 0 unspecified atom stereocenters. The van der Waals surface area contributed by atoms with E-state index in [4.69, 9.17) is 47.4 Å². The number of amides is 1. The molecule has 0 radical (unpaired) electrons. The number of esters is 4. The minimum atomic E-state index is -1.72. The maximum atomic E-state index is 12.9. The number of nitrogens with one attached hydrogen (secondary N) is 1. The van der Waals surface area contributed by atoms with Crippen molar-refractivity contribution >= 4 is 41.8 Å². The topological polar surface area (TPSA) is 250 Å². The highest BCUT2D eigenvalue weighted by Gasteiger charge is 2.56. The molecule has 0 spiro atoms. The minimum absolute atomic E-state index is 0.00758. The van der Waals surface area contributed by atoms with Crippen molar-refractivity contribution in [2.24, 2.45) is 0 Å². The zero-order valence-corrected chi connectivity index (χ0v) is 35.5. The Balaban J connectivity index is 1.15. The number of ether oxygens (including phenoxy) is 10. The number of carbonyl (C=O) groups excluding carboxylic acids is 6. The zero-order chi connectivity index (χ0) is 46.6. The van der Waals surface area contributed by atoms with Gasteiger partial charge in [-0.3, -0.25) is 24.5 Å². The molecular weight excluding hydrogens is 856 g/mol. The van der Waals surface area contributed by atoms with Crippen molar-refractivity contribution in [3.05, 3.63) is 118 Å². The van der Waals surface area contributed by atoms with Crippen LogP contribution in [0.25, 0.3) is 11.1 Å². The molecule has 1 aliphatic heterocycles. The molecule has 5 atom stereocenters. The van der Waals surface area contributed by atoms with Crippen molar-refractivity contribution in [1.82, 2.24) is 5.32 Å². The molecule has 4 aromatic carbocycles. The summed E-state index contributed by atoms with van der Waals surface area (Å²) >= 11 is 0. The third kappa shape index (κ3) is 12.0. The van der Waals surface area contributed by atoms with E-state index in [1.807, 2.05) is 48.5 Å². The molecule has 6 rings (SSSR count). The van der Waals surface area contributed by atoms with Gasteiger partial charge in [0.2, 0.25) is 12.4 Å². The van der Waals surface area contributed by atoms with Crippen molar-refractivity contribution in [2.75, 3.05) is 26.9 Å². The average Bonchev–Trinajstić information content (AvgIpc) is 3.59. The van der Waals surface area contributed by atoms with Gasteiger partial charge in [-0.05, 0) is 52.9 Å². The highest BCUT2D eigenvalue weighted by molar-refractivity contribution is 5.79. The second kappa shape index (κ2) is 21.6. The standard InChI is InChI=1S/C45H44N2O18/c1-25(48)60-38-39(61-26(2)49)41(62-27(3)50)43(65-40(38)42(51)56-4)63-31-17-14-28(23-59-45(53)64-30-18-15-29(16-19-30)47(54)55)37(22-31)57-21-9-20-46-44(52)58-24-36-34-12-7-5-10-32(34)33-11-6-8-13-35(33)36/h5-8,10-19,22,36,38-41,43H,9,20-21,23-24H2,1-4H3,(H,46,52)/t38-,39-,40-,41+,43+/m0/s1. The molecule has 20 nitrogen and oxygen atoms in total. The normalized spacial score (nSPS) is 18.4. The van der Waals surface area contributed by atoms with Gasteiger partial charge in [0.05, 0.1) is 18.6 Å². The number of nitro groups is 1. The van der Waals surface area contributed by atoms with Crippen LogP contribution in [0.15, 0.2) is 91.0 Å². The van der Waals surface area contributed by atoms with E-state index >= 15 is 0 Å². The molecule has 1 heterocycles. The van der Waals surface area contributed by atoms with Crippen LogP contribution >= 0.6 is 0 Å². The first-order valence-electron chi connectivity index (χ1n) is 20.1. The van der Waals surface area contributed by atoms with Crippen LogP contribution in [0.2, 0.25) is 0 Å². The summed E-state index contributed by atoms with van der Waals surface area (Å²) in [4.78, 5) is 85.4. The van der Waals surface area contributed by atoms with Gasteiger partial charge >= 0.3 is 36.1 Å². The monoisotopic (exact) mass is 900 g/mol. The number of rotatable bonds is 17. The smallest absolute Gasteiger partial charge is 0.493 e. The molecule has 342 valence electrons. The maximum absolute atomic E-state index is 12.9. The molecule has 65 heavy (non-hydrogen) atoms. The number of hydrogen-bond acceptors (Lipinski definition) is 18. The Morgan fingerprint density at radius 3 is 1.95 bits per heavy atom. The summed E-state index contributed by atoms with van der Waals surface area (Å²) in [6, 6.07) is 24.9. The number of alkyl carbamates (subject to hydrolysis) is 1. The van der Waals surface area contributed by atoms with Gasteiger partial charge < -0.3 is 52.7 Å². The van der Waals surface area contributed by atoms with Crippen molar-refractivity contribution < 1.29 is 81.1 Å². The number of nitrogens with zero attached hydrogens (tertiary/aromatic N) is 1. The van der Waals surface area contributed by atoms with E-state index < -0.39 is 78.4 Å². The fourth-order valence-corrected chi connectivity index (χ4v) is 7.16. The van der Waals surface area contributed by atoms with Crippen LogP contribution in [0.3, 0.4) is 0 Å². The number of methoxy groups -OCH3 is 1. The minimum Gasteiger partial charge on any atom is -0.493 e. The number of benzene rings is 4. The molecular formula is C45H44N2O18. The third-order valence-corrected chi connectivity index (χ3v) is 9.91. The second-order valence-corrected chi connectivity index (χ2v) is 14.4. The van der Waals surface area contributed by atoms with Gasteiger partial charge in [0.15, 0.2) is 18.3 Å². The van der Waals surface area contributed by atoms with Crippen molar-refractivity contribution in [3.63, 3.8) is 0 Å². The number of non-ortho nitro benzene ring substituents is 1. The summed E-state index contributed by atoms with van der Waals surface area (Å²) in [5, 5.41) is 13.7. The lowest BCUT2D eigenvalue weighted by atomic mass is 9.97. The Hall–Kier alpha value is -7.74. The molecule has 1 N–H and O–H groups in total. The summed E-state index contributed by atoms with van der Waals surface area (Å²) in [7, 11) is 1.05. The Morgan fingerprint density at radius 2 is 1.34 bits per heavy atom. The number of carbonyl (C=O) groups is 6. The van der Waals surface area contributed by atoms with Crippen LogP contribution in [0.1, 0.15) is 49.8 Å². The molecule has 0 aromatic heterocycles. The van der Waals surface area contributed by atoms with Crippen LogP contribution in [0, 0.1) is 10.1 Å². The quantitative estimate of drug-likeness (QED) is 0.0334. The molecule has 1 amide bonds. The zero-order valence-electron chi connectivity index (χ0n) is 35.5. The molecule has 1 aliphatic carbocycles. The summed E-state index contributed by atoms with van der Waals surface area (Å²) in [5.41, 5.74) is 4.38. The lowest BCUT2D eigenvalue weighted by Gasteiger charge is -2.43. The van der Waals surface area contributed by atoms with Gasteiger partial charge in [-0.2, -0.15) is 0 Å². The first kappa shape index (κ1) is 46.8. The average molecular weight is 901 g/mol. The molecule has 1 saturated heterocycles. The maximum Gasteiger partial charge on any atom is 0.514 e. The summed E-state index contributed by atoms with van der Waals surface area (Å²) in [6.45, 7) is 2.98. The van der Waals surface area contributed by atoms with E-state index in [0.29, 0.717) is 0 Å². The van der Waals surface area contributed by atoms with Gasteiger partial charge in [0, 0.05) is 57.0 Å². The van der Waals surface area contributed by atoms with Gasteiger partial charge in [-0.1, -0.05) is 48.5 Å². The molecule has 4 aromatic rings. The van der Waals surface area contributed by atoms with Crippen LogP contribution in [0.5, 0.6) is 17.2 Å². The predicted octanol–water partition coefficient (Wildman–Crippen LogP) is 5.69. The Bertz CT molecular complexity index is 2360. The first-order valence-corrected chi connectivity index (χ1v) is 20.1. The summed E-state index contributed by atoms with van der Waals surface area (Å²) < 4.78 is 55.1. The van der Waals surface area contributed by atoms with E-state index in [9.17, 15) is 38.9 Å². The molecule has 1 fully saturated rings. The lowest BCUT2D eigenvalue weighted by molar-refractivity contribution is -0.384. The van der Waals surface area contributed by atoms with Gasteiger partial charge in [-0.25, -0.2) is 14.4 Å². The summed E-state index contributed by atoms with van der Waals surface area (Å²) in [6.07, 6.45) is -9.77. The Labute approximate surface area is 371 Å². The van der Waals surface area contributed by atoms with Crippen LogP contribution < -0.4 is 19.5 Å². The van der Waals surface area contributed by atoms with Crippen LogP contribution in [-0.4, -0.2) is 98.6 Å². The van der Waals surface area contributed by atoms with E-state index in [0.717, 1.165) is 62.3 Å². The molecule has 0 bridgehead atoms. The lowest BCUT2D eigenvalue weighted by Crippen LogP contribution is -2.64. The third-order valence-electron chi connectivity index (χ3n) is 9.91. The van der Waals surface area contributed by atoms with Gasteiger partial charge in [0.25, 0.3) is 5.69 Å². The Morgan fingerprint density at radius 1 is 0.738 bits per heavy atom. The number of hydrogen-bond donors (Lipinski definition) is 1. The fraction of sp³-hybridized carbons (Fsp3) is 0.333. The predicted molar refractivity (Wildman–Crippen MR) is 222 cm³/mol.